The van der Waals surface area contributed by atoms with Gasteiger partial charge in [-0.2, -0.15) is 0 Å². The zero-order valence-electron chi connectivity index (χ0n) is 4.13. The van der Waals surface area contributed by atoms with E-state index < -0.39 is 0 Å². The van der Waals surface area contributed by atoms with Crippen molar-refractivity contribution in [2.45, 2.75) is 0 Å². The van der Waals surface area contributed by atoms with Gasteiger partial charge in [0.2, 0.25) is 0 Å². The summed E-state index contributed by atoms with van der Waals surface area (Å²) < 4.78 is 0. The van der Waals surface area contributed by atoms with Crippen molar-refractivity contribution in [1.82, 2.24) is 0 Å². The maximum absolute atomic E-state index is 0. The van der Waals surface area contributed by atoms with Crippen LogP contribution in [0.2, 0.25) is 0 Å². The molecule has 0 aromatic carbocycles. The van der Waals surface area contributed by atoms with Crippen LogP contribution in [0, 0.1) is 0 Å². The molecular weight excluding hydrogens is 224 g/mol. The van der Waals surface area contributed by atoms with Crippen molar-refractivity contribution < 1.29 is 191 Å². The van der Waals surface area contributed by atoms with Crippen LogP contribution in [0.4, 0.5) is 0 Å². The van der Waals surface area contributed by atoms with E-state index in [-0.39, 0.29) is 191 Å². The summed E-state index contributed by atoms with van der Waals surface area (Å²) in [5.74, 6) is 0. The molecule has 0 aromatic rings. The molecular formula is Cl3K3. The van der Waals surface area contributed by atoms with Crippen molar-refractivity contribution in [2.75, 3.05) is 0 Å². The molecule has 0 fully saturated rings. The predicted octanol–water partition coefficient (Wildman–Crippen LogP) is -18.0. The van der Waals surface area contributed by atoms with Gasteiger partial charge in [0.05, 0.1) is 0 Å². The Hall–Kier alpha value is 5.78. The average molecular weight is 224 g/mol. The standard InChI is InChI=1S/3ClH.3K/h3*1H;;;/q;;;3*+1/p-3. The van der Waals surface area contributed by atoms with E-state index >= 15 is 0 Å². The smallest absolute Gasteiger partial charge is 1.00 e. The summed E-state index contributed by atoms with van der Waals surface area (Å²) in [6.45, 7) is 0. The molecule has 0 heterocycles. The van der Waals surface area contributed by atoms with E-state index in [1.807, 2.05) is 0 Å². The van der Waals surface area contributed by atoms with E-state index in [1.54, 1.807) is 0 Å². The van der Waals surface area contributed by atoms with E-state index in [2.05, 4.69) is 0 Å². The Kier molecular flexibility index (Phi) is 211. The van der Waals surface area contributed by atoms with Crippen molar-refractivity contribution in [1.29, 1.82) is 0 Å². The van der Waals surface area contributed by atoms with Crippen molar-refractivity contribution in [3.8, 4) is 0 Å². The normalized spacial score (nSPS) is 0. The summed E-state index contributed by atoms with van der Waals surface area (Å²) in [7, 11) is 0. The maximum atomic E-state index is 0. The number of halogens is 3. The molecule has 0 saturated heterocycles. The SMILES string of the molecule is [Cl-].[Cl-].[Cl-].[K+].[K+].[K+]. The minimum absolute atomic E-state index is 0. The Morgan fingerprint density at radius 3 is 0.333 bits per heavy atom. The van der Waals surface area contributed by atoms with E-state index in [9.17, 15) is 0 Å². The largest absolute Gasteiger partial charge is 1.00 e. The molecule has 0 spiro atoms. The summed E-state index contributed by atoms with van der Waals surface area (Å²) in [6, 6.07) is 0. The van der Waals surface area contributed by atoms with Crippen LogP contribution in [0.25, 0.3) is 0 Å². The molecule has 0 radical (unpaired) electrons. The molecule has 24 valence electrons. The van der Waals surface area contributed by atoms with Gasteiger partial charge in [0, 0.05) is 0 Å². The molecule has 0 unspecified atom stereocenters. The Balaban J connectivity index is 0. The van der Waals surface area contributed by atoms with Crippen molar-refractivity contribution >= 4 is 0 Å². The molecule has 6 heteroatoms. The third-order valence-electron chi connectivity index (χ3n) is 0. The summed E-state index contributed by atoms with van der Waals surface area (Å²) >= 11 is 0. The second-order valence-corrected chi connectivity index (χ2v) is 0. The third kappa shape index (κ3) is 22.6. The number of hydrogen-bond acceptors (Lipinski definition) is 0. The first-order valence-electron chi connectivity index (χ1n) is 0. The molecule has 0 amide bonds. The van der Waals surface area contributed by atoms with Crippen molar-refractivity contribution in [2.24, 2.45) is 0 Å². The van der Waals surface area contributed by atoms with Gasteiger partial charge in [-0.05, 0) is 0 Å². The van der Waals surface area contributed by atoms with Gasteiger partial charge in [-0.25, -0.2) is 0 Å². The van der Waals surface area contributed by atoms with Crippen LogP contribution in [0.1, 0.15) is 0 Å². The monoisotopic (exact) mass is 222 g/mol. The minimum atomic E-state index is 0. The van der Waals surface area contributed by atoms with Crippen LogP contribution < -0.4 is 191 Å². The van der Waals surface area contributed by atoms with Crippen LogP contribution in [0.3, 0.4) is 0 Å². The zero-order valence-corrected chi connectivity index (χ0v) is 15.8. The molecule has 0 aliphatic rings. The number of hydrogen-bond donors (Lipinski definition) is 0. The van der Waals surface area contributed by atoms with Crippen molar-refractivity contribution in [3.63, 3.8) is 0 Å². The van der Waals surface area contributed by atoms with E-state index in [0.29, 0.717) is 0 Å². The fourth-order valence-electron chi connectivity index (χ4n) is 0. The van der Waals surface area contributed by atoms with Gasteiger partial charge in [0.1, 0.15) is 0 Å². The van der Waals surface area contributed by atoms with Gasteiger partial charge >= 0.3 is 154 Å². The maximum Gasteiger partial charge on any atom is 1.00 e. The summed E-state index contributed by atoms with van der Waals surface area (Å²) in [5, 5.41) is 0. The first kappa shape index (κ1) is 41.0. The summed E-state index contributed by atoms with van der Waals surface area (Å²) in [5.41, 5.74) is 0. The van der Waals surface area contributed by atoms with Crippen LogP contribution in [-0.2, 0) is 0 Å². The first-order valence-corrected chi connectivity index (χ1v) is 0. The molecule has 0 atom stereocenters. The molecule has 0 bridgehead atoms. The van der Waals surface area contributed by atoms with Crippen LogP contribution in [0.5, 0.6) is 0 Å². The van der Waals surface area contributed by atoms with E-state index in [4.69, 9.17) is 0 Å². The second-order valence-electron chi connectivity index (χ2n) is 0. The topological polar surface area (TPSA) is 0 Å². The molecule has 0 nitrogen and oxygen atoms in total. The average Bonchev–Trinajstić information content (AvgIpc) is 0. The molecule has 0 N–H and O–H groups in total. The summed E-state index contributed by atoms with van der Waals surface area (Å²) in [4.78, 5) is 0. The van der Waals surface area contributed by atoms with E-state index in [0.717, 1.165) is 0 Å². The summed E-state index contributed by atoms with van der Waals surface area (Å²) in [6.07, 6.45) is 0. The van der Waals surface area contributed by atoms with Gasteiger partial charge in [0.25, 0.3) is 0 Å². The molecule has 0 saturated carbocycles. The molecule has 6 heavy (non-hydrogen) atoms. The molecule has 0 aliphatic heterocycles. The Labute approximate surface area is 185 Å². The van der Waals surface area contributed by atoms with Gasteiger partial charge < -0.3 is 37.2 Å². The van der Waals surface area contributed by atoms with Crippen LogP contribution >= 0.6 is 0 Å². The first-order chi connectivity index (χ1) is 0. The van der Waals surface area contributed by atoms with E-state index in [1.165, 1.54) is 0 Å². The van der Waals surface area contributed by atoms with Gasteiger partial charge in [-0.1, -0.05) is 0 Å². The van der Waals surface area contributed by atoms with Crippen LogP contribution in [0.15, 0.2) is 0 Å². The molecule has 0 aliphatic carbocycles. The van der Waals surface area contributed by atoms with Gasteiger partial charge in [-0.3, -0.25) is 0 Å². The van der Waals surface area contributed by atoms with Gasteiger partial charge in [0.15, 0.2) is 0 Å². The van der Waals surface area contributed by atoms with Crippen LogP contribution in [-0.4, -0.2) is 0 Å². The number of rotatable bonds is 0. The Morgan fingerprint density at radius 2 is 0.333 bits per heavy atom. The molecule has 0 rings (SSSR count). The fraction of sp³-hybridized carbons (Fsp3) is 0. The Morgan fingerprint density at radius 1 is 0.333 bits per heavy atom. The predicted molar refractivity (Wildman–Crippen MR) is 0 cm³/mol. The minimum Gasteiger partial charge on any atom is -1.00 e. The third-order valence-corrected chi connectivity index (χ3v) is 0. The van der Waals surface area contributed by atoms with Gasteiger partial charge in [-0.15, -0.1) is 0 Å². The molecule has 0 aromatic heterocycles. The quantitative estimate of drug-likeness (QED) is 0.358. The fourth-order valence-corrected chi connectivity index (χ4v) is 0. The second kappa shape index (κ2) is 30.9. The zero-order chi connectivity index (χ0) is 0. The van der Waals surface area contributed by atoms with Crippen molar-refractivity contribution in [3.05, 3.63) is 0 Å². The Bertz CT molecular complexity index is 6.00.